The first-order valence-corrected chi connectivity index (χ1v) is 8.08. The average Bonchev–Trinajstić information content (AvgIpc) is 2.66. The fourth-order valence-electron chi connectivity index (χ4n) is 2.48. The summed E-state index contributed by atoms with van der Waals surface area (Å²) in [6.07, 6.45) is 5.71. The third-order valence-corrected chi connectivity index (χ3v) is 3.76. The first-order chi connectivity index (χ1) is 12.3. The standard InChI is InChI=1S/C22H18N2O/c1-17-11-12-24-21(14-17)19-9-10-22(20(15-19)16-23)25-13-5-8-18-6-3-2-4-7-18/h2-12,14-15H,13H2,1H3/b8-5+. The van der Waals surface area contributed by atoms with Crippen LogP contribution in [0.5, 0.6) is 5.75 Å². The van der Waals surface area contributed by atoms with Gasteiger partial charge in [-0.3, -0.25) is 4.98 Å². The summed E-state index contributed by atoms with van der Waals surface area (Å²) in [5.41, 5.74) is 4.52. The summed E-state index contributed by atoms with van der Waals surface area (Å²) in [5.74, 6) is 0.580. The molecule has 1 heterocycles. The summed E-state index contributed by atoms with van der Waals surface area (Å²) in [6.45, 7) is 2.43. The Hall–Kier alpha value is -3.38. The van der Waals surface area contributed by atoms with Crippen molar-refractivity contribution >= 4 is 6.08 Å². The second kappa shape index (κ2) is 7.94. The van der Waals surface area contributed by atoms with E-state index < -0.39 is 0 Å². The molecule has 0 aliphatic heterocycles. The summed E-state index contributed by atoms with van der Waals surface area (Å²) in [6, 6.07) is 21.8. The van der Waals surface area contributed by atoms with Crippen LogP contribution in [0.3, 0.4) is 0 Å². The summed E-state index contributed by atoms with van der Waals surface area (Å²) in [7, 11) is 0. The van der Waals surface area contributed by atoms with Crippen LogP contribution in [0.25, 0.3) is 17.3 Å². The van der Waals surface area contributed by atoms with Crippen LogP contribution in [-0.4, -0.2) is 11.6 Å². The Morgan fingerprint density at radius 3 is 2.68 bits per heavy atom. The monoisotopic (exact) mass is 326 g/mol. The maximum absolute atomic E-state index is 9.41. The first kappa shape index (κ1) is 16.5. The fraction of sp³-hybridized carbons (Fsp3) is 0.0909. The highest BCUT2D eigenvalue weighted by Crippen LogP contribution is 2.25. The van der Waals surface area contributed by atoms with Crippen molar-refractivity contribution in [1.82, 2.24) is 4.98 Å². The predicted octanol–water partition coefficient (Wildman–Crippen LogP) is 5.02. The summed E-state index contributed by atoms with van der Waals surface area (Å²) >= 11 is 0. The predicted molar refractivity (Wildman–Crippen MR) is 100 cm³/mol. The molecular formula is C22H18N2O. The van der Waals surface area contributed by atoms with Crippen molar-refractivity contribution in [2.45, 2.75) is 6.92 Å². The van der Waals surface area contributed by atoms with Gasteiger partial charge in [0.05, 0.1) is 11.3 Å². The molecule has 25 heavy (non-hydrogen) atoms. The molecule has 122 valence electrons. The highest BCUT2D eigenvalue weighted by Gasteiger charge is 2.07. The highest BCUT2D eigenvalue weighted by molar-refractivity contribution is 5.64. The first-order valence-electron chi connectivity index (χ1n) is 8.08. The van der Waals surface area contributed by atoms with E-state index in [1.165, 1.54) is 0 Å². The Bertz CT molecular complexity index is 924. The van der Waals surface area contributed by atoms with Gasteiger partial charge in [0.25, 0.3) is 0 Å². The van der Waals surface area contributed by atoms with E-state index in [-0.39, 0.29) is 0 Å². The lowest BCUT2D eigenvalue weighted by atomic mass is 10.1. The highest BCUT2D eigenvalue weighted by atomic mass is 16.5. The van der Waals surface area contributed by atoms with Gasteiger partial charge in [0, 0.05) is 11.8 Å². The maximum Gasteiger partial charge on any atom is 0.137 e. The van der Waals surface area contributed by atoms with Gasteiger partial charge in [-0.05, 0) is 54.5 Å². The molecular weight excluding hydrogens is 308 g/mol. The molecule has 3 aromatic rings. The van der Waals surface area contributed by atoms with Crippen LogP contribution >= 0.6 is 0 Å². The molecule has 0 atom stereocenters. The molecule has 0 aliphatic carbocycles. The maximum atomic E-state index is 9.41. The lowest BCUT2D eigenvalue weighted by Crippen LogP contribution is -1.96. The fourth-order valence-corrected chi connectivity index (χ4v) is 2.48. The van der Waals surface area contributed by atoms with Gasteiger partial charge in [0.1, 0.15) is 18.4 Å². The Morgan fingerprint density at radius 1 is 1.08 bits per heavy atom. The minimum absolute atomic E-state index is 0.408. The van der Waals surface area contributed by atoms with Crippen LogP contribution in [0.1, 0.15) is 16.7 Å². The zero-order chi connectivity index (χ0) is 17.5. The van der Waals surface area contributed by atoms with Crippen LogP contribution in [-0.2, 0) is 0 Å². The second-order valence-corrected chi connectivity index (χ2v) is 5.67. The molecule has 2 aromatic carbocycles. The van der Waals surface area contributed by atoms with Crippen LogP contribution in [0.15, 0.2) is 72.9 Å². The number of aryl methyl sites for hydroxylation is 1. The Balaban J connectivity index is 1.72. The van der Waals surface area contributed by atoms with Gasteiger partial charge in [0.2, 0.25) is 0 Å². The number of hydrogen-bond acceptors (Lipinski definition) is 3. The summed E-state index contributed by atoms with van der Waals surface area (Å²) in [4.78, 5) is 4.36. The van der Waals surface area contributed by atoms with Crippen molar-refractivity contribution in [1.29, 1.82) is 5.26 Å². The number of rotatable bonds is 5. The van der Waals surface area contributed by atoms with Gasteiger partial charge in [-0.25, -0.2) is 0 Å². The SMILES string of the molecule is Cc1ccnc(-c2ccc(OC/C=C/c3ccccc3)c(C#N)c2)c1. The van der Waals surface area contributed by atoms with Crippen molar-refractivity contribution in [3.8, 4) is 23.1 Å². The van der Waals surface area contributed by atoms with E-state index in [4.69, 9.17) is 4.74 Å². The molecule has 0 fully saturated rings. The molecule has 1 aromatic heterocycles. The molecule has 0 amide bonds. The van der Waals surface area contributed by atoms with E-state index in [1.807, 2.05) is 79.7 Å². The summed E-state index contributed by atoms with van der Waals surface area (Å²) in [5, 5.41) is 9.41. The van der Waals surface area contributed by atoms with Crippen LogP contribution in [0.2, 0.25) is 0 Å². The Morgan fingerprint density at radius 2 is 1.92 bits per heavy atom. The van der Waals surface area contributed by atoms with Crippen molar-refractivity contribution in [2.24, 2.45) is 0 Å². The summed E-state index contributed by atoms with van der Waals surface area (Å²) < 4.78 is 5.73. The van der Waals surface area contributed by atoms with E-state index in [2.05, 4.69) is 11.1 Å². The van der Waals surface area contributed by atoms with Gasteiger partial charge in [0.15, 0.2) is 0 Å². The number of nitriles is 1. The number of aromatic nitrogens is 1. The van der Waals surface area contributed by atoms with E-state index in [9.17, 15) is 5.26 Å². The lowest BCUT2D eigenvalue weighted by Gasteiger charge is -2.08. The molecule has 3 rings (SSSR count). The largest absolute Gasteiger partial charge is 0.488 e. The van der Waals surface area contributed by atoms with E-state index in [1.54, 1.807) is 6.20 Å². The van der Waals surface area contributed by atoms with E-state index >= 15 is 0 Å². The molecule has 0 N–H and O–H groups in total. The quantitative estimate of drug-likeness (QED) is 0.661. The van der Waals surface area contributed by atoms with Crippen molar-refractivity contribution in [3.05, 3.63) is 89.6 Å². The molecule has 0 bridgehead atoms. The van der Waals surface area contributed by atoms with Gasteiger partial charge < -0.3 is 4.74 Å². The molecule has 0 spiro atoms. The van der Waals surface area contributed by atoms with Gasteiger partial charge in [-0.2, -0.15) is 5.26 Å². The van der Waals surface area contributed by atoms with Crippen molar-refractivity contribution < 1.29 is 4.74 Å². The molecule has 0 unspecified atom stereocenters. The number of pyridine rings is 1. The zero-order valence-electron chi connectivity index (χ0n) is 14.0. The number of benzene rings is 2. The molecule has 0 saturated heterocycles. The second-order valence-electron chi connectivity index (χ2n) is 5.67. The van der Waals surface area contributed by atoms with E-state index in [0.717, 1.165) is 22.4 Å². The van der Waals surface area contributed by atoms with Crippen LogP contribution in [0, 0.1) is 18.3 Å². The smallest absolute Gasteiger partial charge is 0.137 e. The van der Waals surface area contributed by atoms with Gasteiger partial charge in [-0.15, -0.1) is 0 Å². The topological polar surface area (TPSA) is 45.9 Å². The minimum Gasteiger partial charge on any atom is -0.488 e. The minimum atomic E-state index is 0.408. The normalized spacial score (nSPS) is 10.6. The van der Waals surface area contributed by atoms with Crippen LogP contribution in [0.4, 0.5) is 0 Å². The van der Waals surface area contributed by atoms with Gasteiger partial charge in [-0.1, -0.05) is 36.4 Å². The average molecular weight is 326 g/mol. The third-order valence-electron chi connectivity index (χ3n) is 3.76. The molecule has 0 aliphatic rings. The third kappa shape index (κ3) is 4.33. The number of nitrogens with zero attached hydrogens (tertiary/aromatic N) is 2. The van der Waals surface area contributed by atoms with Crippen molar-refractivity contribution in [2.75, 3.05) is 6.61 Å². The number of ether oxygens (including phenoxy) is 1. The molecule has 0 radical (unpaired) electrons. The Kier molecular flexibility index (Phi) is 5.23. The Labute approximate surface area is 147 Å². The number of hydrogen-bond donors (Lipinski definition) is 0. The van der Waals surface area contributed by atoms with Gasteiger partial charge >= 0.3 is 0 Å². The van der Waals surface area contributed by atoms with E-state index in [0.29, 0.717) is 17.9 Å². The molecule has 0 saturated carbocycles. The lowest BCUT2D eigenvalue weighted by molar-refractivity contribution is 0.362. The molecule has 3 heteroatoms. The zero-order valence-corrected chi connectivity index (χ0v) is 14.0. The van der Waals surface area contributed by atoms with Crippen molar-refractivity contribution in [3.63, 3.8) is 0 Å². The van der Waals surface area contributed by atoms with Crippen LogP contribution < -0.4 is 4.74 Å². The molecule has 3 nitrogen and oxygen atoms in total.